The van der Waals surface area contributed by atoms with Crippen molar-refractivity contribution in [3.8, 4) is 5.75 Å². The minimum absolute atomic E-state index is 0.0408. The smallest absolute Gasteiger partial charge is 0.126 e. The maximum atomic E-state index is 6.21. The molecule has 2 aromatic carbocycles. The van der Waals surface area contributed by atoms with E-state index in [9.17, 15) is 0 Å². The largest absolute Gasteiger partial charge is 0.485 e. The summed E-state index contributed by atoms with van der Waals surface area (Å²) in [4.78, 5) is 0. The van der Waals surface area contributed by atoms with E-state index < -0.39 is 0 Å². The summed E-state index contributed by atoms with van der Waals surface area (Å²) in [6, 6.07) is 13.2. The molecule has 98 valence electrons. The highest BCUT2D eigenvalue weighted by atomic mass is 35.5. The molecule has 4 heteroatoms. The lowest BCUT2D eigenvalue weighted by atomic mass is 9.94. The van der Waals surface area contributed by atoms with Gasteiger partial charge in [0.2, 0.25) is 0 Å². The van der Waals surface area contributed by atoms with Crippen molar-refractivity contribution in [2.45, 2.75) is 18.6 Å². The van der Waals surface area contributed by atoms with Gasteiger partial charge in [0.15, 0.2) is 0 Å². The highest BCUT2D eigenvalue weighted by Crippen LogP contribution is 2.40. The van der Waals surface area contributed by atoms with E-state index in [1.807, 2.05) is 42.5 Å². The van der Waals surface area contributed by atoms with Crippen LogP contribution < -0.4 is 10.5 Å². The van der Waals surface area contributed by atoms with Crippen LogP contribution >= 0.6 is 23.2 Å². The molecule has 1 aliphatic rings. The normalized spacial score (nSPS) is 21.6. The predicted molar refractivity (Wildman–Crippen MR) is 77.8 cm³/mol. The van der Waals surface area contributed by atoms with Gasteiger partial charge in [0, 0.05) is 28.1 Å². The van der Waals surface area contributed by atoms with E-state index in [4.69, 9.17) is 33.7 Å². The Morgan fingerprint density at radius 1 is 1.00 bits per heavy atom. The standard InChI is InChI=1S/C15H13Cl2NO/c16-10-3-1-9(2-4-10)15-8-13(18)12-7-11(17)5-6-14(12)19-15/h1-7,13,15H,8,18H2. The molecule has 1 aliphatic heterocycles. The first-order chi connectivity index (χ1) is 9.13. The summed E-state index contributed by atoms with van der Waals surface area (Å²) in [5.41, 5.74) is 8.26. The molecule has 0 amide bonds. The topological polar surface area (TPSA) is 35.2 Å². The van der Waals surface area contributed by atoms with E-state index in [1.165, 1.54) is 0 Å². The van der Waals surface area contributed by atoms with Crippen LogP contribution in [0.1, 0.15) is 29.7 Å². The van der Waals surface area contributed by atoms with Crippen LogP contribution in [0.25, 0.3) is 0 Å². The first-order valence-electron chi connectivity index (χ1n) is 6.10. The van der Waals surface area contributed by atoms with Crippen LogP contribution in [0.3, 0.4) is 0 Å². The van der Waals surface area contributed by atoms with Crippen molar-refractivity contribution in [2.75, 3.05) is 0 Å². The lowest BCUT2D eigenvalue weighted by molar-refractivity contribution is 0.161. The van der Waals surface area contributed by atoms with Gasteiger partial charge in [-0.1, -0.05) is 35.3 Å². The molecular formula is C15H13Cl2NO. The number of fused-ring (bicyclic) bond motifs is 1. The van der Waals surface area contributed by atoms with Crippen molar-refractivity contribution in [3.05, 3.63) is 63.6 Å². The maximum absolute atomic E-state index is 6.21. The average molecular weight is 294 g/mol. The van der Waals surface area contributed by atoms with Crippen LogP contribution in [-0.4, -0.2) is 0 Å². The van der Waals surface area contributed by atoms with Crippen molar-refractivity contribution >= 4 is 23.2 Å². The van der Waals surface area contributed by atoms with Gasteiger partial charge in [0.05, 0.1) is 0 Å². The zero-order chi connectivity index (χ0) is 13.4. The van der Waals surface area contributed by atoms with Gasteiger partial charge in [0.1, 0.15) is 11.9 Å². The first-order valence-corrected chi connectivity index (χ1v) is 6.86. The van der Waals surface area contributed by atoms with Gasteiger partial charge < -0.3 is 10.5 Å². The number of nitrogens with two attached hydrogens (primary N) is 1. The molecule has 0 radical (unpaired) electrons. The molecule has 0 saturated carbocycles. The predicted octanol–water partition coefficient (Wildman–Crippen LogP) is 4.52. The van der Waals surface area contributed by atoms with Crippen molar-refractivity contribution < 1.29 is 4.74 Å². The Labute approximate surface area is 122 Å². The van der Waals surface area contributed by atoms with Gasteiger partial charge in [-0.3, -0.25) is 0 Å². The molecule has 2 atom stereocenters. The molecule has 19 heavy (non-hydrogen) atoms. The second-order valence-electron chi connectivity index (χ2n) is 4.68. The summed E-state index contributed by atoms with van der Waals surface area (Å²) in [6.45, 7) is 0. The quantitative estimate of drug-likeness (QED) is 0.839. The molecule has 0 saturated heterocycles. The fourth-order valence-corrected chi connectivity index (χ4v) is 2.66. The Balaban J connectivity index is 1.92. The minimum atomic E-state index is -0.0665. The van der Waals surface area contributed by atoms with E-state index in [1.54, 1.807) is 0 Å². The zero-order valence-electron chi connectivity index (χ0n) is 10.1. The SMILES string of the molecule is NC1CC(c2ccc(Cl)cc2)Oc2ccc(Cl)cc21. The second kappa shape index (κ2) is 5.04. The number of rotatable bonds is 1. The summed E-state index contributed by atoms with van der Waals surface area (Å²) in [6.07, 6.45) is 0.690. The molecule has 3 rings (SSSR count). The molecule has 1 heterocycles. The zero-order valence-corrected chi connectivity index (χ0v) is 11.7. The van der Waals surface area contributed by atoms with E-state index in [0.717, 1.165) is 28.3 Å². The van der Waals surface area contributed by atoms with Gasteiger partial charge in [-0.25, -0.2) is 0 Å². The van der Waals surface area contributed by atoms with Crippen molar-refractivity contribution in [1.29, 1.82) is 0 Å². The fraction of sp³-hybridized carbons (Fsp3) is 0.200. The molecule has 2 N–H and O–H groups in total. The number of ether oxygens (including phenoxy) is 1. The minimum Gasteiger partial charge on any atom is -0.485 e. The molecule has 2 aromatic rings. The summed E-state index contributed by atoms with van der Waals surface area (Å²) in [7, 11) is 0. The van der Waals surface area contributed by atoms with Crippen molar-refractivity contribution in [1.82, 2.24) is 0 Å². The van der Waals surface area contributed by atoms with Crippen LogP contribution in [-0.2, 0) is 0 Å². The molecule has 0 bridgehead atoms. The number of hydrogen-bond acceptors (Lipinski definition) is 2. The van der Waals surface area contributed by atoms with Crippen LogP contribution in [0.4, 0.5) is 0 Å². The Bertz CT molecular complexity index is 598. The third kappa shape index (κ3) is 2.57. The highest BCUT2D eigenvalue weighted by Gasteiger charge is 2.27. The summed E-state index contributed by atoms with van der Waals surface area (Å²) in [5.74, 6) is 0.808. The molecule has 0 fully saturated rings. The van der Waals surface area contributed by atoms with Gasteiger partial charge in [-0.15, -0.1) is 0 Å². The van der Waals surface area contributed by atoms with Gasteiger partial charge in [-0.2, -0.15) is 0 Å². The van der Waals surface area contributed by atoms with Crippen molar-refractivity contribution in [2.24, 2.45) is 5.73 Å². The Hall–Kier alpha value is -1.22. The second-order valence-corrected chi connectivity index (χ2v) is 5.56. The number of hydrogen-bond donors (Lipinski definition) is 1. The maximum Gasteiger partial charge on any atom is 0.126 e. The third-order valence-corrected chi connectivity index (χ3v) is 3.84. The summed E-state index contributed by atoms with van der Waals surface area (Å²) in [5, 5.41) is 1.40. The fourth-order valence-electron chi connectivity index (χ4n) is 2.36. The Kier molecular flexibility index (Phi) is 3.40. The number of benzene rings is 2. The molecule has 0 aliphatic carbocycles. The molecule has 2 nitrogen and oxygen atoms in total. The van der Waals surface area contributed by atoms with Gasteiger partial charge in [0.25, 0.3) is 0 Å². The van der Waals surface area contributed by atoms with E-state index in [0.29, 0.717) is 5.02 Å². The van der Waals surface area contributed by atoms with Crippen LogP contribution in [0, 0.1) is 0 Å². The lowest BCUT2D eigenvalue weighted by Crippen LogP contribution is -2.24. The average Bonchev–Trinajstić information content (AvgIpc) is 2.40. The highest BCUT2D eigenvalue weighted by molar-refractivity contribution is 6.30. The summed E-state index contributed by atoms with van der Waals surface area (Å²) < 4.78 is 6.00. The van der Waals surface area contributed by atoms with E-state index >= 15 is 0 Å². The Morgan fingerprint density at radius 3 is 2.42 bits per heavy atom. The Morgan fingerprint density at radius 2 is 1.68 bits per heavy atom. The lowest BCUT2D eigenvalue weighted by Gasteiger charge is -2.30. The summed E-state index contributed by atoms with van der Waals surface area (Å²) >= 11 is 11.9. The first kappa shape index (κ1) is 12.8. The van der Waals surface area contributed by atoms with Crippen LogP contribution in [0.2, 0.25) is 10.0 Å². The van der Waals surface area contributed by atoms with Crippen molar-refractivity contribution in [3.63, 3.8) is 0 Å². The molecule has 2 unspecified atom stereocenters. The molecule has 0 aromatic heterocycles. The molecule has 0 spiro atoms. The number of halogens is 2. The van der Waals surface area contributed by atoms with Gasteiger partial charge in [-0.05, 0) is 35.9 Å². The van der Waals surface area contributed by atoms with E-state index in [-0.39, 0.29) is 12.1 Å². The van der Waals surface area contributed by atoms with Crippen LogP contribution in [0.5, 0.6) is 5.75 Å². The molecular weight excluding hydrogens is 281 g/mol. The third-order valence-electron chi connectivity index (χ3n) is 3.35. The van der Waals surface area contributed by atoms with E-state index in [2.05, 4.69) is 0 Å². The monoisotopic (exact) mass is 293 g/mol. The van der Waals surface area contributed by atoms with Gasteiger partial charge >= 0.3 is 0 Å². The van der Waals surface area contributed by atoms with Crippen LogP contribution in [0.15, 0.2) is 42.5 Å².